The van der Waals surface area contributed by atoms with Crippen LogP contribution in [0.1, 0.15) is 18.9 Å². The lowest BCUT2D eigenvalue weighted by Crippen LogP contribution is -2.57. The van der Waals surface area contributed by atoms with Crippen molar-refractivity contribution in [3.8, 4) is 12.3 Å². The van der Waals surface area contributed by atoms with Gasteiger partial charge in [-0.05, 0) is 31.2 Å². The number of thioether (sulfide) groups is 1. The fourth-order valence-corrected chi connectivity index (χ4v) is 6.99. The van der Waals surface area contributed by atoms with Gasteiger partial charge in [0.2, 0.25) is 0 Å². The minimum Gasteiger partial charge on any atom is -0.364 e. The fourth-order valence-electron chi connectivity index (χ4n) is 4.38. The van der Waals surface area contributed by atoms with Crippen molar-refractivity contribution in [2.45, 2.75) is 23.7 Å². The van der Waals surface area contributed by atoms with E-state index in [-0.39, 0.29) is 24.1 Å². The number of fused-ring (bicyclic) bond motifs is 1. The Morgan fingerprint density at radius 2 is 1.94 bits per heavy atom. The summed E-state index contributed by atoms with van der Waals surface area (Å²) in [6.45, 7) is 3.89. The molecule has 0 spiro atoms. The number of hydrogen-bond donors (Lipinski definition) is 2. The normalized spacial score (nSPS) is 21.8. The number of nitrogens with one attached hydrogen (secondary N) is 2. The molecule has 1 atom stereocenters. The minimum atomic E-state index is -3.70. The standard InChI is InChI=1S/C22H26N6O3S2/c1-4-16-5-6-18-17(13-16)14-20(23-18)33(30,31)27-11-9-26(10-12-27)22(29)28-8-7-19-21(24-28)32-15(2)25(19)3/h1,5-6,13-15,23-24H,7-12H2,2-3H3. The molecule has 9 nitrogen and oxygen atoms in total. The van der Waals surface area contributed by atoms with Crippen LogP contribution in [-0.4, -0.2) is 83.7 Å². The number of amides is 2. The van der Waals surface area contributed by atoms with Crippen LogP contribution >= 0.6 is 11.8 Å². The number of benzene rings is 1. The van der Waals surface area contributed by atoms with E-state index in [1.807, 2.05) is 0 Å². The Labute approximate surface area is 197 Å². The molecule has 2 amide bonds. The predicted molar refractivity (Wildman–Crippen MR) is 128 cm³/mol. The first kappa shape index (κ1) is 22.0. The van der Waals surface area contributed by atoms with Crippen LogP contribution in [0, 0.1) is 12.3 Å². The second-order valence-electron chi connectivity index (χ2n) is 8.37. The summed E-state index contributed by atoms with van der Waals surface area (Å²) in [5.41, 5.74) is 5.91. The molecule has 0 aliphatic carbocycles. The number of hydrogen-bond acceptors (Lipinski definition) is 6. The highest BCUT2D eigenvalue weighted by atomic mass is 32.2. The molecule has 0 saturated carbocycles. The molecule has 33 heavy (non-hydrogen) atoms. The largest absolute Gasteiger partial charge is 0.364 e. The topological polar surface area (TPSA) is 92.0 Å². The first-order valence-corrected chi connectivity index (χ1v) is 13.1. The summed E-state index contributed by atoms with van der Waals surface area (Å²) < 4.78 is 27.8. The minimum absolute atomic E-state index is 0.117. The Bertz CT molecular complexity index is 1290. The molecule has 1 aromatic heterocycles. The number of H-pyrrole nitrogens is 1. The number of urea groups is 1. The Balaban J connectivity index is 1.24. The molecule has 2 N–H and O–H groups in total. The zero-order valence-electron chi connectivity index (χ0n) is 18.5. The number of aromatic amines is 1. The lowest BCUT2D eigenvalue weighted by atomic mass is 10.2. The van der Waals surface area contributed by atoms with E-state index in [2.05, 4.69) is 35.2 Å². The maximum absolute atomic E-state index is 13.2. The van der Waals surface area contributed by atoms with Gasteiger partial charge in [-0.2, -0.15) is 4.31 Å². The Morgan fingerprint density at radius 3 is 2.67 bits per heavy atom. The Hall–Kier alpha value is -2.81. The molecule has 11 heteroatoms. The maximum atomic E-state index is 13.2. The third-order valence-corrected chi connectivity index (χ3v) is 9.49. The quantitative estimate of drug-likeness (QED) is 0.631. The zero-order valence-corrected chi connectivity index (χ0v) is 20.2. The number of carbonyl (C=O) groups is 1. The van der Waals surface area contributed by atoms with E-state index in [1.165, 1.54) is 10.0 Å². The molecule has 3 aliphatic rings. The van der Waals surface area contributed by atoms with Gasteiger partial charge in [0.15, 0.2) is 0 Å². The molecule has 1 aromatic carbocycles. The van der Waals surface area contributed by atoms with E-state index in [1.54, 1.807) is 45.9 Å². The van der Waals surface area contributed by atoms with Crippen LogP contribution in [0.5, 0.6) is 0 Å². The van der Waals surface area contributed by atoms with Crippen molar-refractivity contribution in [3.05, 3.63) is 40.6 Å². The van der Waals surface area contributed by atoms with Crippen molar-refractivity contribution in [2.24, 2.45) is 0 Å². The summed E-state index contributed by atoms with van der Waals surface area (Å²) in [7, 11) is -1.63. The SMILES string of the molecule is C#Cc1ccc2[nH]c(S(=O)(=O)N3CCN(C(=O)N4CCC5=C(N4)SC(C)N5C)CC3)cc2c1. The van der Waals surface area contributed by atoms with Gasteiger partial charge in [-0.15, -0.1) is 6.42 Å². The maximum Gasteiger partial charge on any atom is 0.338 e. The molecule has 0 radical (unpaired) electrons. The summed E-state index contributed by atoms with van der Waals surface area (Å²) in [5, 5.41) is 3.90. The van der Waals surface area contributed by atoms with Crippen LogP contribution in [0.3, 0.4) is 0 Å². The van der Waals surface area contributed by atoms with Gasteiger partial charge in [0.1, 0.15) is 10.1 Å². The highest BCUT2D eigenvalue weighted by Crippen LogP contribution is 2.38. The number of terminal acetylenes is 1. The highest BCUT2D eigenvalue weighted by Gasteiger charge is 2.36. The molecule has 0 bridgehead atoms. The monoisotopic (exact) mass is 486 g/mol. The average Bonchev–Trinajstić information content (AvgIpc) is 3.39. The van der Waals surface area contributed by atoms with Crippen LogP contribution in [0.2, 0.25) is 0 Å². The third kappa shape index (κ3) is 3.82. The molecule has 1 fully saturated rings. The van der Waals surface area contributed by atoms with Gasteiger partial charge in [0.05, 0.1) is 5.37 Å². The van der Waals surface area contributed by atoms with E-state index in [0.717, 1.165) is 22.4 Å². The number of aromatic nitrogens is 1. The molecule has 5 rings (SSSR count). The number of hydrazine groups is 1. The second kappa shape index (κ2) is 8.20. The first-order chi connectivity index (χ1) is 15.8. The fraction of sp³-hybridized carbons (Fsp3) is 0.409. The van der Waals surface area contributed by atoms with Crippen molar-refractivity contribution in [2.75, 3.05) is 39.8 Å². The summed E-state index contributed by atoms with van der Waals surface area (Å²) in [6, 6.07) is 6.84. The molecule has 2 aromatic rings. The van der Waals surface area contributed by atoms with Crippen LogP contribution in [0.4, 0.5) is 4.79 Å². The Morgan fingerprint density at radius 1 is 1.18 bits per heavy atom. The molecule has 4 heterocycles. The lowest BCUT2D eigenvalue weighted by molar-refractivity contribution is 0.117. The van der Waals surface area contributed by atoms with Crippen LogP contribution in [0.25, 0.3) is 10.9 Å². The van der Waals surface area contributed by atoms with E-state index < -0.39 is 10.0 Å². The average molecular weight is 487 g/mol. The molecular weight excluding hydrogens is 460 g/mol. The number of carbonyl (C=O) groups excluding carboxylic acids is 1. The smallest absolute Gasteiger partial charge is 0.338 e. The van der Waals surface area contributed by atoms with E-state index >= 15 is 0 Å². The van der Waals surface area contributed by atoms with E-state index in [9.17, 15) is 13.2 Å². The predicted octanol–water partition coefficient (Wildman–Crippen LogP) is 1.98. The van der Waals surface area contributed by atoms with Gasteiger partial charge in [-0.3, -0.25) is 5.43 Å². The summed E-state index contributed by atoms with van der Waals surface area (Å²) >= 11 is 1.71. The lowest BCUT2D eigenvalue weighted by Gasteiger charge is -2.38. The van der Waals surface area contributed by atoms with Gasteiger partial charge in [-0.1, -0.05) is 17.7 Å². The van der Waals surface area contributed by atoms with Gasteiger partial charge >= 0.3 is 6.03 Å². The number of piperazine rings is 1. The molecule has 3 aliphatic heterocycles. The van der Waals surface area contributed by atoms with Crippen LogP contribution < -0.4 is 5.43 Å². The molecule has 1 saturated heterocycles. The molecule has 1 unspecified atom stereocenters. The summed E-state index contributed by atoms with van der Waals surface area (Å²) in [5.74, 6) is 2.56. The van der Waals surface area contributed by atoms with E-state index in [4.69, 9.17) is 6.42 Å². The van der Waals surface area contributed by atoms with Crippen LogP contribution in [-0.2, 0) is 10.0 Å². The third-order valence-electron chi connectivity index (χ3n) is 6.45. The van der Waals surface area contributed by atoms with Gasteiger partial charge in [0.25, 0.3) is 10.0 Å². The van der Waals surface area contributed by atoms with Gasteiger partial charge in [-0.25, -0.2) is 18.2 Å². The number of nitrogens with zero attached hydrogens (tertiary/aromatic N) is 4. The number of sulfonamides is 1. The molecule has 174 valence electrons. The second-order valence-corrected chi connectivity index (χ2v) is 11.6. The first-order valence-electron chi connectivity index (χ1n) is 10.8. The van der Waals surface area contributed by atoms with Crippen LogP contribution in [0.15, 0.2) is 40.0 Å². The van der Waals surface area contributed by atoms with E-state index in [0.29, 0.717) is 30.6 Å². The van der Waals surface area contributed by atoms with Crippen molar-refractivity contribution >= 4 is 38.7 Å². The molecular formula is C22H26N6O3S2. The van der Waals surface area contributed by atoms with Gasteiger partial charge < -0.3 is 14.8 Å². The summed E-state index contributed by atoms with van der Waals surface area (Å²) in [4.78, 5) is 20.0. The Kier molecular flexibility index (Phi) is 5.47. The van der Waals surface area contributed by atoms with Crippen molar-refractivity contribution < 1.29 is 13.2 Å². The van der Waals surface area contributed by atoms with Crippen molar-refractivity contribution in [3.63, 3.8) is 0 Å². The van der Waals surface area contributed by atoms with Crippen molar-refractivity contribution in [1.82, 2.24) is 29.5 Å². The van der Waals surface area contributed by atoms with Gasteiger partial charge in [0, 0.05) is 68.4 Å². The zero-order chi connectivity index (χ0) is 23.3. The summed E-state index contributed by atoms with van der Waals surface area (Å²) in [6.07, 6.45) is 6.25. The highest BCUT2D eigenvalue weighted by molar-refractivity contribution is 8.03. The number of rotatable bonds is 2. The van der Waals surface area contributed by atoms with Crippen molar-refractivity contribution in [1.29, 1.82) is 0 Å².